The van der Waals surface area contributed by atoms with E-state index in [9.17, 15) is 0 Å². The molecule has 1 fully saturated rings. The molecule has 1 saturated carbocycles. The minimum absolute atomic E-state index is 0.178. The minimum Gasteiger partial charge on any atom is -0.323 e. The molecule has 2 nitrogen and oxygen atoms in total. The Bertz CT molecular complexity index is 320. The first-order valence-electron chi connectivity index (χ1n) is 4.05. The predicted molar refractivity (Wildman–Crippen MR) is 48.7 cm³/mol. The van der Waals surface area contributed by atoms with Gasteiger partial charge in [0.05, 0.1) is 5.56 Å². The molecule has 2 rings (SSSR count). The summed E-state index contributed by atoms with van der Waals surface area (Å²) in [5.41, 5.74) is 6.71. The van der Waals surface area contributed by atoms with Gasteiger partial charge < -0.3 is 5.73 Å². The van der Waals surface area contributed by atoms with Crippen molar-refractivity contribution in [2.45, 2.75) is 18.9 Å². The zero-order valence-electron chi connectivity index (χ0n) is 6.66. The number of nitrogens with zero attached hydrogens (tertiary/aromatic N) is 1. The smallest absolute Gasteiger partial charge is 0.100 e. The predicted octanol–water partition coefficient (Wildman–Crippen LogP) is 2.03. The van der Waals surface area contributed by atoms with Crippen LogP contribution < -0.4 is 5.73 Å². The summed E-state index contributed by atoms with van der Waals surface area (Å²) in [6.07, 6.45) is 2.50. The largest absolute Gasteiger partial charge is 0.323 e. The van der Waals surface area contributed by atoms with Crippen LogP contribution in [0.5, 0.6) is 0 Å². The summed E-state index contributed by atoms with van der Waals surface area (Å²) in [7, 11) is 0. The van der Waals surface area contributed by atoms with E-state index < -0.39 is 0 Å². The van der Waals surface area contributed by atoms with E-state index in [1.165, 1.54) is 12.8 Å². The van der Waals surface area contributed by atoms with Crippen LogP contribution in [0, 0.1) is 17.2 Å². The molecule has 1 atom stereocenters. The highest BCUT2D eigenvalue weighted by Crippen LogP contribution is 2.40. The molecule has 0 aliphatic heterocycles. The molecule has 1 aliphatic carbocycles. The van der Waals surface area contributed by atoms with Gasteiger partial charge in [-0.2, -0.15) is 5.26 Å². The van der Waals surface area contributed by atoms with Crippen LogP contribution >= 0.6 is 11.3 Å². The molecule has 0 aromatic carbocycles. The molecular weight excluding hydrogens is 168 g/mol. The lowest BCUT2D eigenvalue weighted by Gasteiger charge is -2.05. The Morgan fingerprint density at radius 2 is 2.42 bits per heavy atom. The topological polar surface area (TPSA) is 49.8 Å². The van der Waals surface area contributed by atoms with Crippen molar-refractivity contribution in [1.29, 1.82) is 5.26 Å². The molecule has 0 saturated heterocycles. The Hall–Kier alpha value is -0.850. The molecule has 1 aliphatic rings. The SMILES string of the molecule is N#Cc1csc(C(N)C2CC2)c1. The quantitative estimate of drug-likeness (QED) is 0.753. The number of hydrogen-bond acceptors (Lipinski definition) is 3. The van der Waals surface area contributed by atoms with Gasteiger partial charge in [-0.25, -0.2) is 0 Å². The van der Waals surface area contributed by atoms with E-state index in [-0.39, 0.29) is 6.04 Å². The van der Waals surface area contributed by atoms with E-state index in [1.807, 2.05) is 11.4 Å². The van der Waals surface area contributed by atoms with Crippen LogP contribution in [0.25, 0.3) is 0 Å². The van der Waals surface area contributed by atoms with E-state index in [0.717, 1.165) is 10.4 Å². The van der Waals surface area contributed by atoms with Crippen LogP contribution in [-0.2, 0) is 0 Å². The van der Waals surface area contributed by atoms with Crippen LogP contribution in [0.4, 0.5) is 0 Å². The van der Waals surface area contributed by atoms with E-state index in [2.05, 4.69) is 6.07 Å². The van der Waals surface area contributed by atoms with E-state index >= 15 is 0 Å². The summed E-state index contributed by atoms with van der Waals surface area (Å²) in [4.78, 5) is 1.16. The third kappa shape index (κ3) is 1.36. The lowest BCUT2D eigenvalue weighted by Crippen LogP contribution is -2.10. The Labute approximate surface area is 75.6 Å². The highest BCUT2D eigenvalue weighted by Gasteiger charge is 2.30. The van der Waals surface area contributed by atoms with Crippen LogP contribution in [0.1, 0.15) is 29.3 Å². The molecule has 1 heterocycles. The second-order valence-corrected chi connectivity index (χ2v) is 4.16. The summed E-state index contributed by atoms with van der Waals surface area (Å²) in [6.45, 7) is 0. The second kappa shape index (κ2) is 2.89. The first kappa shape index (κ1) is 7.78. The summed E-state index contributed by atoms with van der Waals surface area (Å²) < 4.78 is 0. The van der Waals surface area contributed by atoms with Gasteiger partial charge in [0.25, 0.3) is 0 Å². The highest BCUT2D eigenvalue weighted by molar-refractivity contribution is 7.10. The number of rotatable bonds is 2. The third-order valence-corrected chi connectivity index (χ3v) is 3.24. The first-order chi connectivity index (χ1) is 5.81. The molecule has 1 aromatic heterocycles. The standard InChI is InChI=1S/C9H10N2S/c10-4-6-3-8(12-5-6)9(11)7-1-2-7/h3,5,7,9H,1-2,11H2. The minimum atomic E-state index is 0.178. The number of nitriles is 1. The summed E-state index contributed by atoms with van der Waals surface area (Å²) in [6, 6.07) is 4.20. The van der Waals surface area contributed by atoms with Gasteiger partial charge in [-0.1, -0.05) is 0 Å². The molecule has 0 spiro atoms. The first-order valence-corrected chi connectivity index (χ1v) is 4.93. The molecular formula is C9H10N2S. The van der Waals surface area contributed by atoms with E-state index in [0.29, 0.717) is 5.92 Å². The maximum absolute atomic E-state index is 8.60. The van der Waals surface area contributed by atoms with Crippen LogP contribution in [-0.4, -0.2) is 0 Å². The lowest BCUT2D eigenvalue weighted by molar-refractivity contribution is 0.645. The number of hydrogen-bond donors (Lipinski definition) is 1. The van der Waals surface area contributed by atoms with Crippen molar-refractivity contribution in [3.63, 3.8) is 0 Å². The van der Waals surface area contributed by atoms with Crippen molar-refractivity contribution in [3.8, 4) is 6.07 Å². The fraction of sp³-hybridized carbons (Fsp3) is 0.444. The molecule has 0 radical (unpaired) electrons. The Morgan fingerprint density at radius 3 is 2.92 bits per heavy atom. The van der Waals surface area contributed by atoms with Crippen LogP contribution in [0.2, 0.25) is 0 Å². The molecule has 3 heteroatoms. The molecule has 0 bridgehead atoms. The molecule has 62 valence electrons. The van der Waals surface area contributed by atoms with Crippen molar-refractivity contribution in [3.05, 3.63) is 21.9 Å². The van der Waals surface area contributed by atoms with Gasteiger partial charge in [0, 0.05) is 16.3 Å². The number of nitrogens with two attached hydrogens (primary N) is 1. The summed E-state index contributed by atoms with van der Waals surface area (Å²) in [5, 5.41) is 10.5. The zero-order valence-corrected chi connectivity index (χ0v) is 7.47. The van der Waals surface area contributed by atoms with Crippen LogP contribution in [0.15, 0.2) is 11.4 Å². The van der Waals surface area contributed by atoms with E-state index in [1.54, 1.807) is 11.3 Å². The highest BCUT2D eigenvalue weighted by atomic mass is 32.1. The summed E-state index contributed by atoms with van der Waals surface area (Å²) in [5.74, 6) is 0.676. The Kier molecular flexibility index (Phi) is 1.87. The molecule has 12 heavy (non-hydrogen) atoms. The van der Waals surface area contributed by atoms with Crippen molar-refractivity contribution in [1.82, 2.24) is 0 Å². The van der Waals surface area contributed by atoms with Crippen LogP contribution in [0.3, 0.4) is 0 Å². The molecule has 1 aromatic rings. The van der Waals surface area contributed by atoms with Gasteiger partial charge in [0.1, 0.15) is 6.07 Å². The fourth-order valence-corrected chi connectivity index (χ4v) is 2.20. The lowest BCUT2D eigenvalue weighted by atomic mass is 10.1. The van der Waals surface area contributed by atoms with Gasteiger partial charge in [0.2, 0.25) is 0 Å². The Morgan fingerprint density at radius 1 is 1.67 bits per heavy atom. The average molecular weight is 178 g/mol. The van der Waals surface area contributed by atoms with Crippen molar-refractivity contribution in [2.75, 3.05) is 0 Å². The van der Waals surface area contributed by atoms with Gasteiger partial charge in [-0.3, -0.25) is 0 Å². The molecule has 0 amide bonds. The number of thiophene rings is 1. The zero-order chi connectivity index (χ0) is 8.55. The maximum Gasteiger partial charge on any atom is 0.100 e. The summed E-state index contributed by atoms with van der Waals surface area (Å²) >= 11 is 1.60. The fourth-order valence-electron chi connectivity index (χ4n) is 1.27. The molecule has 2 N–H and O–H groups in total. The van der Waals surface area contributed by atoms with Gasteiger partial charge in [-0.05, 0) is 24.8 Å². The molecule has 1 unspecified atom stereocenters. The Balaban J connectivity index is 2.17. The normalized spacial score (nSPS) is 18.7. The van der Waals surface area contributed by atoms with Crippen molar-refractivity contribution >= 4 is 11.3 Å². The van der Waals surface area contributed by atoms with E-state index in [4.69, 9.17) is 11.0 Å². The van der Waals surface area contributed by atoms with Gasteiger partial charge in [-0.15, -0.1) is 11.3 Å². The third-order valence-electron chi connectivity index (χ3n) is 2.21. The van der Waals surface area contributed by atoms with Crippen molar-refractivity contribution in [2.24, 2.45) is 11.7 Å². The van der Waals surface area contributed by atoms with Gasteiger partial charge in [0.15, 0.2) is 0 Å². The maximum atomic E-state index is 8.60. The van der Waals surface area contributed by atoms with Crippen molar-refractivity contribution < 1.29 is 0 Å². The van der Waals surface area contributed by atoms with Gasteiger partial charge >= 0.3 is 0 Å². The monoisotopic (exact) mass is 178 g/mol. The average Bonchev–Trinajstić information content (AvgIpc) is 2.82. The second-order valence-electron chi connectivity index (χ2n) is 3.21.